The van der Waals surface area contributed by atoms with E-state index >= 15 is 0 Å². The number of nitrogens with zero attached hydrogens (tertiary/aromatic N) is 1. The topological polar surface area (TPSA) is 15.3 Å². The zero-order valence-corrected chi connectivity index (χ0v) is 13.0. The molecule has 1 heterocycles. The molecule has 1 aliphatic rings. The van der Waals surface area contributed by atoms with Crippen molar-refractivity contribution in [1.29, 1.82) is 0 Å². The van der Waals surface area contributed by atoms with Crippen molar-refractivity contribution in [2.24, 2.45) is 0 Å². The molecule has 20 heavy (non-hydrogen) atoms. The van der Waals surface area contributed by atoms with E-state index in [0.29, 0.717) is 0 Å². The zero-order valence-electron chi connectivity index (χ0n) is 13.0. The Balaban J connectivity index is 1.75. The summed E-state index contributed by atoms with van der Waals surface area (Å²) in [7, 11) is 0. The Morgan fingerprint density at radius 3 is 2.55 bits per heavy atom. The van der Waals surface area contributed by atoms with Gasteiger partial charge in [0.1, 0.15) is 0 Å². The molecule has 2 nitrogen and oxygen atoms in total. The molecule has 2 heteroatoms. The van der Waals surface area contributed by atoms with E-state index in [4.69, 9.17) is 0 Å². The van der Waals surface area contributed by atoms with Gasteiger partial charge in [-0.25, -0.2) is 0 Å². The van der Waals surface area contributed by atoms with Crippen LogP contribution < -0.4 is 5.32 Å². The van der Waals surface area contributed by atoms with Crippen molar-refractivity contribution in [3.8, 4) is 0 Å². The number of nitrogens with one attached hydrogen (secondary N) is 1. The Morgan fingerprint density at radius 2 is 1.75 bits per heavy atom. The third-order valence-electron chi connectivity index (χ3n) is 4.21. The quantitative estimate of drug-likeness (QED) is 0.659. The predicted octanol–water partition coefficient (Wildman–Crippen LogP) is 4.66. The molecule has 0 unspecified atom stereocenters. The Hall–Kier alpha value is -1.02. The van der Waals surface area contributed by atoms with Gasteiger partial charge in [0, 0.05) is 18.8 Å². The highest BCUT2D eigenvalue weighted by atomic mass is 15.1. The lowest BCUT2D eigenvalue weighted by Gasteiger charge is -2.18. The second-order valence-electron chi connectivity index (χ2n) is 5.98. The highest BCUT2D eigenvalue weighted by Gasteiger charge is 2.13. The van der Waals surface area contributed by atoms with E-state index in [0.717, 1.165) is 13.1 Å². The zero-order chi connectivity index (χ0) is 14.0. The van der Waals surface area contributed by atoms with Gasteiger partial charge >= 0.3 is 0 Å². The van der Waals surface area contributed by atoms with Gasteiger partial charge in [0.2, 0.25) is 0 Å². The number of hydrogen-bond acceptors (Lipinski definition) is 2. The summed E-state index contributed by atoms with van der Waals surface area (Å²) in [5.74, 6) is 0. The van der Waals surface area contributed by atoms with Crippen LogP contribution in [-0.4, -0.2) is 24.5 Å². The minimum atomic E-state index is 1.11. The summed E-state index contributed by atoms with van der Waals surface area (Å²) in [4.78, 5) is 2.57. The van der Waals surface area contributed by atoms with Crippen LogP contribution in [0.4, 0.5) is 5.69 Å². The van der Waals surface area contributed by atoms with Gasteiger partial charge < -0.3 is 5.32 Å². The fourth-order valence-electron chi connectivity index (χ4n) is 2.96. The third-order valence-corrected chi connectivity index (χ3v) is 4.21. The number of unbranched alkanes of at least 4 members (excludes halogenated alkanes) is 4. The molecule has 2 rings (SSSR count). The van der Waals surface area contributed by atoms with Crippen LogP contribution >= 0.6 is 0 Å². The first-order valence-electron chi connectivity index (χ1n) is 8.44. The maximum atomic E-state index is 3.64. The molecule has 1 N–H and O–H groups in total. The summed E-state index contributed by atoms with van der Waals surface area (Å²) in [5.41, 5.74) is 2.80. The highest BCUT2D eigenvalue weighted by Crippen LogP contribution is 2.20. The largest absolute Gasteiger partial charge is 0.385 e. The van der Waals surface area contributed by atoms with Crippen LogP contribution in [0.2, 0.25) is 0 Å². The lowest BCUT2D eigenvalue weighted by Crippen LogP contribution is -2.19. The molecule has 0 radical (unpaired) electrons. The van der Waals surface area contributed by atoms with E-state index in [-0.39, 0.29) is 0 Å². The van der Waals surface area contributed by atoms with Crippen LogP contribution in [0.1, 0.15) is 57.4 Å². The van der Waals surface area contributed by atoms with Crippen LogP contribution in [0.3, 0.4) is 0 Å². The number of hydrogen-bond donors (Lipinski definition) is 1. The molecule has 1 aliphatic heterocycles. The van der Waals surface area contributed by atoms with Gasteiger partial charge in [0.05, 0.1) is 0 Å². The van der Waals surface area contributed by atoms with Crippen molar-refractivity contribution in [3.63, 3.8) is 0 Å². The molecular weight excluding hydrogens is 244 g/mol. The SMILES string of the molecule is CCCCCCCNc1ccccc1CN1CCCC1. The van der Waals surface area contributed by atoms with E-state index in [9.17, 15) is 0 Å². The molecule has 112 valence electrons. The van der Waals surface area contributed by atoms with Crippen molar-refractivity contribution >= 4 is 5.69 Å². The molecular formula is C18H30N2. The molecule has 0 aliphatic carbocycles. The van der Waals surface area contributed by atoms with Gasteiger partial charge in [-0.1, -0.05) is 50.8 Å². The monoisotopic (exact) mass is 274 g/mol. The fraction of sp³-hybridized carbons (Fsp3) is 0.667. The van der Waals surface area contributed by atoms with Gasteiger partial charge in [-0.05, 0) is 44.0 Å². The molecule has 1 aromatic rings. The number of benzene rings is 1. The van der Waals surface area contributed by atoms with Crippen LogP contribution in [0.5, 0.6) is 0 Å². The van der Waals surface area contributed by atoms with Gasteiger partial charge in [-0.2, -0.15) is 0 Å². The number of anilines is 1. The number of rotatable bonds is 9. The summed E-state index contributed by atoms with van der Waals surface area (Å²) in [6.07, 6.45) is 9.47. The van der Waals surface area contributed by atoms with Crippen molar-refractivity contribution in [3.05, 3.63) is 29.8 Å². The summed E-state index contributed by atoms with van der Waals surface area (Å²) in [6, 6.07) is 8.82. The second kappa shape index (κ2) is 9.02. The van der Waals surface area contributed by atoms with Gasteiger partial charge in [0.25, 0.3) is 0 Å². The summed E-state index contributed by atoms with van der Waals surface area (Å²) in [5, 5.41) is 3.64. The van der Waals surface area contributed by atoms with Gasteiger partial charge in [-0.15, -0.1) is 0 Å². The van der Waals surface area contributed by atoms with Crippen molar-refractivity contribution in [1.82, 2.24) is 4.90 Å². The molecule has 0 saturated carbocycles. The summed E-state index contributed by atoms with van der Waals surface area (Å²) >= 11 is 0. The maximum absolute atomic E-state index is 3.64. The first-order chi connectivity index (χ1) is 9.90. The van der Waals surface area contributed by atoms with Crippen molar-refractivity contribution < 1.29 is 0 Å². The third kappa shape index (κ3) is 5.16. The fourth-order valence-corrected chi connectivity index (χ4v) is 2.96. The lowest BCUT2D eigenvalue weighted by atomic mass is 10.1. The maximum Gasteiger partial charge on any atom is 0.0385 e. The molecule has 0 amide bonds. The lowest BCUT2D eigenvalue weighted by molar-refractivity contribution is 0.332. The first-order valence-corrected chi connectivity index (χ1v) is 8.44. The van der Waals surface area contributed by atoms with Crippen LogP contribution in [0, 0.1) is 0 Å². The molecule has 0 aromatic heterocycles. The molecule has 1 fully saturated rings. The Bertz CT molecular complexity index is 369. The predicted molar refractivity (Wildman–Crippen MR) is 88.2 cm³/mol. The minimum absolute atomic E-state index is 1.11. The van der Waals surface area contributed by atoms with Crippen LogP contribution in [0.25, 0.3) is 0 Å². The Morgan fingerprint density at radius 1 is 1.00 bits per heavy atom. The van der Waals surface area contributed by atoms with Crippen LogP contribution in [-0.2, 0) is 6.54 Å². The van der Waals surface area contributed by atoms with E-state index in [1.807, 2.05) is 0 Å². The van der Waals surface area contributed by atoms with E-state index in [2.05, 4.69) is 41.4 Å². The summed E-state index contributed by atoms with van der Waals surface area (Å²) in [6.45, 7) is 7.03. The van der Waals surface area contributed by atoms with Crippen LogP contribution in [0.15, 0.2) is 24.3 Å². The molecule has 1 aromatic carbocycles. The molecule has 0 spiro atoms. The van der Waals surface area contributed by atoms with E-state index < -0.39 is 0 Å². The normalized spacial score (nSPS) is 15.7. The molecule has 0 atom stereocenters. The van der Waals surface area contributed by atoms with Crippen molar-refractivity contribution in [2.45, 2.75) is 58.4 Å². The second-order valence-corrected chi connectivity index (χ2v) is 5.98. The summed E-state index contributed by atoms with van der Waals surface area (Å²) < 4.78 is 0. The van der Waals surface area contributed by atoms with E-state index in [1.165, 1.54) is 69.3 Å². The van der Waals surface area contributed by atoms with E-state index in [1.54, 1.807) is 0 Å². The van der Waals surface area contributed by atoms with Gasteiger partial charge in [0.15, 0.2) is 0 Å². The molecule has 1 saturated heterocycles. The standard InChI is InChI=1S/C18H30N2/c1-2-3-4-5-8-13-19-18-12-7-6-11-17(18)16-20-14-9-10-15-20/h6-7,11-12,19H,2-5,8-10,13-16H2,1H3. The number of para-hydroxylation sites is 1. The Labute approximate surface area is 124 Å². The first kappa shape index (κ1) is 15.4. The van der Waals surface area contributed by atoms with Gasteiger partial charge in [-0.3, -0.25) is 4.90 Å². The average Bonchev–Trinajstić information content (AvgIpc) is 2.97. The van der Waals surface area contributed by atoms with Crippen molar-refractivity contribution in [2.75, 3.05) is 25.0 Å². The average molecular weight is 274 g/mol. The Kier molecular flexibility index (Phi) is 6.93. The minimum Gasteiger partial charge on any atom is -0.385 e. The molecule has 0 bridgehead atoms. The smallest absolute Gasteiger partial charge is 0.0385 e. The number of likely N-dealkylation sites (tertiary alicyclic amines) is 1. The highest BCUT2D eigenvalue weighted by molar-refractivity contribution is 5.51.